The molecule has 0 aromatic heterocycles. The summed E-state index contributed by atoms with van der Waals surface area (Å²) in [6, 6.07) is 8.61. The van der Waals surface area contributed by atoms with E-state index < -0.39 is 22.8 Å². The third-order valence-electron chi connectivity index (χ3n) is 3.29. The molecule has 18 heavy (non-hydrogen) atoms. The van der Waals surface area contributed by atoms with Gasteiger partial charge in [0.15, 0.2) is 0 Å². The van der Waals surface area contributed by atoms with Gasteiger partial charge in [0.05, 0.1) is 17.4 Å². The first-order valence-electron chi connectivity index (χ1n) is 5.68. The zero-order chi connectivity index (χ0) is 14.0. The van der Waals surface area contributed by atoms with Crippen LogP contribution < -0.4 is 10.2 Å². The molecule has 98 valence electrons. The fourth-order valence-corrected chi connectivity index (χ4v) is 2.01. The Morgan fingerprint density at radius 1 is 1.00 bits per heavy atom. The highest BCUT2D eigenvalue weighted by Crippen LogP contribution is 2.41. The molecule has 4 nitrogen and oxygen atoms in total. The molecule has 0 saturated carbocycles. The Bertz CT molecular complexity index is 429. The second kappa shape index (κ2) is 4.80. The molecule has 1 rings (SSSR count). The summed E-state index contributed by atoms with van der Waals surface area (Å²) >= 11 is 0. The van der Waals surface area contributed by atoms with Gasteiger partial charge in [-0.05, 0) is 17.4 Å². The number of carbonyl (C=O) groups excluding carboxylic acids is 2. The molecule has 0 fully saturated rings. The van der Waals surface area contributed by atoms with Gasteiger partial charge >= 0.3 is 0 Å². The molecular formula is C14H16O4-2. The van der Waals surface area contributed by atoms with E-state index in [0.717, 1.165) is 0 Å². The van der Waals surface area contributed by atoms with Crippen LogP contribution in [0, 0.1) is 10.8 Å². The average molecular weight is 248 g/mol. The van der Waals surface area contributed by atoms with E-state index in [1.54, 1.807) is 51.1 Å². The highest BCUT2D eigenvalue weighted by molar-refractivity contribution is 5.97. The zero-order valence-corrected chi connectivity index (χ0v) is 10.7. The molecule has 0 aliphatic heterocycles. The Labute approximate surface area is 106 Å². The summed E-state index contributed by atoms with van der Waals surface area (Å²) in [4.78, 5) is 22.8. The Balaban J connectivity index is 3.29. The van der Waals surface area contributed by atoms with Crippen LogP contribution in [0.15, 0.2) is 30.3 Å². The van der Waals surface area contributed by atoms with Gasteiger partial charge in [0, 0.05) is 0 Å². The Morgan fingerprint density at radius 2 is 1.44 bits per heavy atom. The second-order valence-electron chi connectivity index (χ2n) is 5.39. The van der Waals surface area contributed by atoms with Crippen molar-refractivity contribution in [1.82, 2.24) is 0 Å². The van der Waals surface area contributed by atoms with Crippen molar-refractivity contribution in [2.75, 3.05) is 0 Å². The van der Waals surface area contributed by atoms with Crippen molar-refractivity contribution in [2.24, 2.45) is 10.8 Å². The molecule has 0 spiro atoms. The van der Waals surface area contributed by atoms with E-state index in [1.807, 2.05) is 0 Å². The summed E-state index contributed by atoms with van der Waals surface area (Å²) in [5.41, 5.74) is -2.43. The van der Waals surface area contributed by atoms with Crippen molar-refractivity contribution in [3.8, 4) is 0 Å². The van der Waals surface area contributed by atoms with Crippen LogP contribution in [0.3, 0.4) is 0 Å². The second-order valence-corrected chi connectivity index (χ2v) is 5.39. The third kappa shape index (κ3) is 2.37. The number of hydrogen-bond donors (Lipinski definition) is 0. The minimum atomic E-state index is -2.05. The third-order valence-corrected chi connectivity index (χ3v) is 3.29. The lowest BCUT2D eigenvalue weighted by Crippen LogP contribution is -2.61. The van der Waals surface area contributed by atoms with Crippen molar-refractivity contribution >= 4 is 11.9 Å². The highest BCUT2D eigenvalue weighted by atomic mass is 16.4. The number of benzene rings is 1. The van der Waals surface area contributed by atoms with Crippen molar-refractivity contribution in [1.29, 1.82) is 0 Å². The molecule has 0 radical (unpaired) electrons. The quantitative estimate of drug-likeness (QED) is 0.689. The van der Waals surface area contributed by atoms with Gasteiger partial charge < -0.3 is 19.8 Å². The smallest absolute Gasteiger partial charge is 0.0582 e. The molecule has 0 saturated heterocycles. The van der Waals surface area contributed by atoms with Gasteiger partial charge in [-0.25, -0.2) is 0 Å². The minimum absolute atomic E-state index is 0.151. The molecule has 0 aliphatic rings. The first-order valence-corrected chi connectivity index (χ1v) is 5.68. The molecule has 4 heteroatoms. The first kappa shape index (κ1) is 14.2. The fraction of sp³-hybridized carbons (Fsp3) is 0.429. The van der Waals surface area contributed by atoms with Gasteiger partial charge in [0.25, 0.3) is 0 Å². The summed E-state index contributed by atoms with van der Waals surface area (Å²) < 4.78 is 0. The number of aliphatic carboxylic acids is 2. The zero-order valence-electron chi connectivity index (χ0n) is 10.7. The maximum atomic E-state index is 11.4. The largest absolute Gasteiger partial charge is 0.549 e. The molecule has 1 aromatic rings. The molecule has 0 heterocycles. The molecule has 0 unspecified atom stereocenters. The van der Waals surface area contributed by atoms with Crippen LogP contribution in [0.5, 0.6) is 0 Å². The van der Waals surface area contributed by atoms with Gasteiger partial charge in [-0.15, -0.1) is 0 Å². The lowest BCUT2D eigenvalue weighted by Gasteiger charge is -2.46. The minimum Gasteiger partial charge on any atom is -0.549 e. The van der Waals surface area contributed by atoms with Gasteiger partial charge in [-0.3, -0.25) is 0 Å². The average Bonchev–Trinajstić information content (AvgIpc) is 2.24. The lowest BCUT2D eigenvalue weighted by molar-refractivity contribution is -0.350. The molecule has 0 amide bonds. The van der Waals surface area contributed by atoms with E-state index in [1.165, 1.54) is 0 Å². The maximum absolute atomic E-state index is 11.4. The lowest BCUT2D eigenvalue weighted by atomic mass is 9.63. The molecule has 1 aromatic carbocycles. The molecule has 0 aliphatic carbocycles. The van der Waals surface area contributed by atoms with Crippen LogP contribution in [0.4, 0.5) is 0 Å². The predicted octanol–water partition coefficient (Wildman–Crippen LogP) is -0.239. The van der Waals surface area contributed by atoms with E-state index in [0.29, 0.717) is 5.56 Å². The van der Waals surface area contributed by atoms with Crippen molar-refractivity contribution in [2.45, 2.75) is 27.2 Å². The van der Waals surface area contributed by atoms with E-state index in [4.69, 9.17) is 0 Å². The molecular weight excluding hydrogens is 232 g/mol. The molecule has 0 N–H and O–H groups in total. The summed E-state index contributed by atoms with van der Waals surface area (Å²) in [6.07, 6.45) is -0.151. The molecule has 0 atom stereocenters. The standard InChI is InChI=1S/C14H18O4/c1-13(2,3)14(11(15)16,12(17)18)9-10-7-5-4-6-8-10/h4-8H,9H2,1-3H3,(H,15,16)(H,17,18)/p-2. The van der Waals surface area contributed by atoms with Crippen LogP contribution in [0.25, 0.3) is 0 Å². The van der Waals surface area contributed by atoms with Crippen LogP contribution in [0.2, 0.25) is 0 Å². The van der Waals surface area contributed by atoms with Crippen LogP contribution >= 0.6 is 0 Å². The number of carboxylic acids is 2. The maximum Gasteiger partial charge on any atom is 0.0582 e. The summed E-state index contributed by atoms with van der Waals surface area (Å²) in [6.45, 7) is 4.67. The Hall–Kier alpha value is -1.84. The number of carbonyl (C=O) groups is 2. The van der Waals surface area contributed by atoms with Crippen molar-refractivity contribution in [3.05, 3.63) is 35.9 Å². The van der Waals surface area contributed by atoms with E-state index in [9.17, 15) is 19.8 Å². The van der Waals surface area contributed by atoms with Crippen LogP contribution in [0.1, 0.15) is 26.3 Å². The summed E-state index contributed by atoms with van der Waals surface area (Å²) in [7, 11) is 0. The number of hydrogen-bond acceptors (Lipinski definition) is 4. The van der Waals surface area contributed by atoms with Crippen molar-refractivity contribution < 1.29 is 19.8 Å². The van der Waals surface area contributed by atoms with E-state index in [2.05, 4.69) is 0 Å². The van der Waals surface area contributed by atoms with Gasteiger partial charge in [-0.2, -0.15) is 0 Å². The Morgan fingerprint density at radius 3 is 1.78 bits per heavy atom. The predicted molar refractivity (Wildman–Crippen MR) is 62.0 cm³/mol. The van der Waals surface area contributed by atoms with Gasteiger partial charge in [-0.1, -0.05) is 51.1 Å². The highest BCUT2D eigenvalue weighted by Gasteiger charge is 2.45. The fourth-order valence-electron chi connectivity index (χ4n) is 2.01. The van der Waals surface area contributed by atoms with E-state index >= 15 is 0 Å². The SMILES string of the molecule is CC(C)(C)C(Cc1ccccc1)(C(=O)[O-])C(=O)[O-]. The number of carboxylic acid groups (broad SMARTS) is 2. The summed E-state index contributed by atoms with van der Waals surface area (Å²) in [5, 5.41) is 22.8. The Kier molecular flexibility index (Phi) is 3.79. The summed E-state index contributed by atoms with van der Waals surface area (Å²) in [5.74, 6) is -3.22. The topological polar surface area (TPSA) is 80.3 Å². The number of rotatable bonds is 4. The van der Waals surface area contributed by atoms with Crippen LogP contribution in [-0.4, -0.2) is 11.9 Å². The normalized spacial score (nSPS) is 12.2. The van der Waals surface area contributed by atoms with Gasteiger partial charge in [0.2, 0.25) is 0 Å². The van der Waals surface area contributed by atoms with Crippen LogP contribution in [-0.2, 0) is 16.0 Å². The molecule has 0 bridgehead atoms. The monoisotopic (exact) mass is 248 g/mol. The van der Waals surface area contributed by atoms with E-state index in [-0.39, 0.29) is 6.42 Å². The van der Waals surface area contributed by atoms with Gasteiger partial charge in [0.1, 0.15) is 0 Å². The van der Waals surface area contributed by atoms with Crippen molar-refractivity contribution in [3.63, 3.8) is 0 Å². The first-order chi connectivity index (χ1) is 8.22.